The zero-order valence-electron chi connectivity index (χ0n) is 36.9. The minimum Gasteiger partial charge on any atom is -0.544 e. The highest BCUT2D eigenvalue weighted by Gasteiger charge is 2.25. The van der Waals surface area contributed by atoms with Crippen LogP contribution >= 0.6 is 0 Å². The quantitative estimate of drug-likeness (QED) is 0.0203. The van der Waals surface area contributed by atoms with Gasteiger partial charge >= 0.3 is 11.9 Å². The molecule has 0 rings (SSSR count). The molecule has 2 unspecified atom stereocenters. The summed E-state index contributed by atoms with van der Waals surface area (Å²) in [6.07, 6.45) is 54.1. The highest BCUT2D eigenvalue weighted by atomic mass is 16.6. The van der Waals surface area contributed by atoms with E-state index in [0.29, 0.717) is 19.3 Å². The zero-order valence-corrected chi connectivity index (χ0v) is 36.9. The van der Waals surface area contributed by atoms with Gasteiger partial charge in [0.1, 0.15) is 12.6 Å². The van der Waals surface area contributed by atoms with Crippen molar-refractivity contribution in [2.24, 2.45) is 0 Å². The van der Waals surface area contributed by atoms with Gasteiger partial charge in [0.05, 0.1) is 40.3 Å². The second kappa shape index (κ2) is 39.8. The molecule has 8 heteroatoms. The molecule has 0 aromatic carbocycles. The Bertz CT molecular complexity index is 1310. The predicted molar refractivity (Wildman–Crippen MR) is 240 cm³/mol. The Hall–Kier alpha value is -4.01. The first-order valence-corrected chi connectivity index (χ1v) is 22.0. The molecule has 0 saturated carbocycles. The number of carboxylic acids is 1. The molecule has 0 aliphatic carbocycles. The van der Waals surface area contributed by atoms with Crippen LogP contribution in [-0.2, 0) is 28.6 Å². The third kappa shape index (κ3) is 37.6. The number of carboxylic acid groups (broad SMARTS) is 1. The van der Waals surface area contributed by atoms with Crippen LogP contribution in [0.5, 0.6) is 0 Å². The first-order chi connectivity index (χ1) is 28.1. The second-order valence-corrected chi connectivity index (χ2v) is 15.3. The van der Waals surface area contributed by atoms with Crippen molar-refractivity contribution >= 4 is 17.9 Å². The summed E-state index contributed by atoms with van der Waals surface area (Å²) in [7, 11) is 5.36. The summed E-state index contributed by atoms with van der Waals surface area (Å²) in [5.74, 6) is -1.87. The Morgan fingerprint density at radius 1 is 0.552 bits per heavy atom. The number of ether oxygens (including phenoxy) is 3. The van der Waals surface area contributed by atoms with Crippen molar-refractivity contribution in [2.45, 2.75) is 148 Å². The topological polar surface area (TPSA) is 102 Å². The molecule has 0 fully saturated rings. The Balaban J connectivity index is 4.46. The molecule has 0 aromatic rings. The van der Waals surface area contributed by atoms with Gasteiger partial charge < -0.3 is 28.6 Å². The third-order valence-electron chi connectivity index (χ3n) is 9.02. The number of quaternary nitrogens is 1. The smallest absolute Gasteiger partial charge is 0.306 e. The number of likely N-dealkylation sites (N-methyl/N-ethyl adjacent to an activating group) is 1. The minimum atomic E-state index is -1.15. The van der Waals surface area contributed by atoms with Crippen LogP contribution in [0.1, 0.15) is 136 Å². The van der Waals surface area contributed by atoms with E-state index in [1.807, 2.05) is 54.7 Å². The average Bonchev–Trinajstić information content (AvgIpc) is 3.18. The molecule has 0 saturated heterocycles. The summed E-state index contributed by atoms with van der Waals surface area (Å²) in [6.45, 7) is 4.36. The number of rotatable bonds is 37. The van der Waals surface area contributed by atoms with Crippen LogP contribution in [0.25, 0.3) is 0 Å². The lowest BCUT2D eigenvalue weighted by molar-refractivity contribution is -0.889. The van der Waals surface area contributed by atoms with Crippen molar-refractivity contribution in [1.82, 2.24) is 0 Å². The van der Waals surface area contributed by atoms with Crippen molar-refractivity contribution in [3.63, 3.8) is 0 Å². The van der Waals surface area contributed by atoms with Gasteiger partial charge in [-0.05, 0) is 70.6 Å². The number of allylic oxidation sites excluding steroid dienone is 18. The van der Waals surface area contributed by atoms with Gasteiger partial charge in [-0.3, -0.25) is 9.59 Å². The summed E-state index contributed by atoms with van der Waals surface area (Å²) in [6, 6.07) is -0.748. The Kier molecular flexibility index (Phi) is 37.0. The van der Waals surface area contributed by atoms with Crippen molar-refractivity contribution in [3.8, 4) is 0 Å². The van der Waals surface area contributed by atoms with Crippen molar-refractivity contribution in [3.05, 3.63) is 109 Å². The van der Waals surface area contributed by atoms with Gasteiger partial charge in [-0.15, -0.1) is 0 Å². The third-order valence-corrected chi connectivity index (χ3v) is 9.02. The summed E-state index contributed by atoms with van der Waals surface area (Å²) in [5, 5.41) is 11.6. The summed E-state index contributed by atoms with van der Waals surface area (Å²) >= 11 is 0. The fourth-order valence-corrected chi connectivity index (χ4v) is 5.61. The van der Waals surface area contributed by atoms with Gasteiger partial charge in [-0.1, -0.05) is 155 Å². The Labute approximate surface area is 353 Å². The molecule has 0 heterocycles. The molecular formula is C50H79NO7. The number of nitrogens with zero attached hydrogens (tertiary/aromatic N) is 1. The lowest BCUT2D eigenvalue weighted by atomic mass is 10.1. The molecule has 0 radical (unpaired) electrons. The van der Waals surface area contributed by atoms with Crippen LogP contribution < -0.4 is 5.11 Å². The molecule has 0 spiro atoms. The van der Waals surface area contributed by atoms with E-state index in [4.69, 9.17) is 14.2 Å². The maximum Gasteiger partial charge on any atom is 0.306 e. The highest BCUT2D eigenvalue weighted by Crippen LogP contribution is 2.11. The SMILES string of the molecule is CC/C=C/C=C/C=C/C=C/C=C/CCCC(=O)OC(COCCC(C(=O)[O-])[N+](C)(C)C)COC(=O)CCCCCCC/C=C/C/C=C/C/C=C/C/C=C/CCCCC. The first-order valence-electron chi connectivity index (χ1n) is 22.0. The molecule has 8 nitrogen and oxygen atoms in total. The fourth-order valence-electron chi connectivity index (χ4n) is 5.61. The number of hydrogen-bond donors (Lipinski definition) is 0. The summed E-state index contributed by atoms with van der Waals surface area (Å²) in [4.78, 5) is 36.8. The zero-order chi connectivity index (χ0) is 42.8. The van der Waals surface area contributed by atoms with E-state index in [-0.39, 0.29) is 43.1 Å². The van der Waals surface area contributed by atoms with E-state index in [1.165, 1.54) is 25.7 Å². The van der Waals surface area contributed by atoms with Crippen molar-refractivity contribution in [2.75, 3.05) is 41.0 Å². The molecule has 0 aliphatic rings. The van der Waals surface area contributed by atoms with Crippen LogP contribution in [0.4, 0.5) is 0 Å². The maximum atomic E-state index is 12.7. The van der Waals surface area contributed by atoms with E-state index >= 15 is 0 Å². The van der Waals surface area contributed by atoms with Gasteiger partial charge in [0, 0.05) is 19.3 Å². The Morgan fingerprint density at radius 2 is 1.05 bits per heavy atom. The molecule has 0 bridgehead atoms. The van der Waals surface area contributed by atoms with E-state index in [0.717, 1.165) is 64.2 Å². The van der Waals surface area contributed by atoms with E-state index < -0.39 is 24.1 Å². The highest BCUT2D eigenvalue weighted by molar-refractivity contribution is 5.70. The number of hydrogen-bond acceptors (Lipinski definition) is 7. The average molecular weight is 806 g/mol. The fraction of sp³-hybridized carbons (Fsp3) is 0.580. The van der Waals surface area contributed by atoms with Crippen molar-refractivity contribution < 1.29 is 38.2 Å². The summed E-state index contributed by atoms with van der Waals surface area (Å²) in [5.41, 5.74) is 0. The standard InChI is InChI=1S/C50H79NO7/c1-6-8-10-12-14-16-18-20-21-22-23-24-25-26-27-29-30-32-34-36-38-40-48(52)57-45-46(44-56-43-42-47(50(54)55)51(3,4)5)58-49(53)41-39-37-35-33-31-28-19-17-15-13-11-9-7-2/h9,11,13-17,19-21,23-24,26-28,31,33,35,46-47H,6-8,10,12,18,22,25,29-30,32,34,36-45H2,1-5H3/b11-9+,15-13+,16-14+,19-17+,21-20+,24-23+,27-26+,31-28+,35-33+. The van der Waals surface area contributed by atoms with Crippen LogP contribution in [0, 0.1) is 0 Å². The predicted octanol–water partition coefficient (Wildman–Crippen LogP) is 10.7. The lowest BCUT2D eigenvalue weighted by Gasteiger charge is -2.34. The molecule has 2 atom stereocenters. The largest absolute Gasteiger partial charge is 0.544 e. The molecule has 0 aromatic heterocycles. The van der Waals surface area contributed by atoms with Gasteiger partial charge in [0.15, 0.2) is 6.10 Å². The van der Waals surface area contributed by atoms with Gasteiger partial charge in [0.2, 0.25) is 0 Å². The Morgan fingerprint density at radius 3 is 1.62 bits per heavy atom. The van der Waals surface area contributed by atoms with Crippen LogP contribution in [0.3, 0.4) is 0 Å². The van der Waals surface area contributed by atoms with Crippen molar-refractivity contribution in [1.29, 1.82) is 0 Å². The van der Waals surface area contributed by atoms with Crippen LogP contribution in [-0.4, -0.2) is 75.5 Å². The molecule has 58 heavy (non-hydrogen) atoms. The number of carbonyl (C=O) groups is 3. The molecule has 0 amide bonds. The van der Waals surface area contributed by atoms with Gasteiger partial charge in [-0.25, -0.2) is 0 Å². The maximum absolute atomic E-state index is 12.7. The minimum absolute atomic E-state index is 0.00232. The monoisotopic (exact) mass is 806 g/mol. The number of carbonyl (C=O) groups excluding carboxylic acids is 3. The summed E-state index contributed by atoms with van der Waals surface area (Å²) < 4.78 is 17.0. The first kappa shape index (κ1) is 54.0. The van der Waals surface area contributed by atoms with Gasteiger partial charge in [0.25, 0.3) is 0 Å². The second-order valence-electron chi connectivity index (χ2n) is 15.3. The van der Waals surface area contributed by atoms with Crippen LogP contribution in [0.2, 0.25) is 0 Å². The molecule has 326 valence electrons. The van der Waals surface area contributed by atoms with Crippen LogP contribution in [0.15, 0.2) is 109 Å². The van der Waals surface area contributed by atoms with E-state index in [9.17, 15) is 19.5 Å². The lowest BCUT2D eigenvalue weighted by Crippen LogP contribution is -2.55. The normalized spacial score (nSPS) is 14.0. The van der Waals surface area contributed by atoms with E-state index in [2.05, 4.69) is 68.5 Å². The molecule has 0 N–H and O–H groups in total. The number of aliphatic carboxylic acids is 1. The number of unbranched alkanes of at least 4 members (excludes halogenated alkanes) is 9. The van der Waals surface area contributed by atoms with Gasteiger partial charge in [-0.2, -0.15) is 0 Å². The number of esters is 2. The molecular weight excluding hydrogens is 727 g/mol. The molecule has 0 aliphatic heterocycles. The van der Waals surface area contributed by atoms with E-state index in [1.54, 1.807) is 21.1 Å².